The average molecular weight is 258 g/mol. The van der Waals surface area contributed by atoms with Crippen molar-refractivity contribution in [2.24, 2.45) is 5.92 Å². The van der Waals surface area contributed by atoms with Crippen LogP contribution in [-0.4, -0.2) is 5.91 Å². The van der Waals surface area contributed by atoms with Crippen molar-refractivity contribution in [3.05, 3.63) is 34.9 Å². The maximum absolute atomic E-state index is 12.1. The number of carbonyl (C=O) groups is 1. The van der Waals surface area contributed by atoms with E-state index in [1.54, 1.807) is 0 Å². The minimum Gasteiger partial charge on any atom is -0.352 e. The Morgan fingerprint density at radius 2 is 1.95 bits per heavy atom. The molecule has 1 heterocycles. The molecule has 0 spiro atoms. The van der Waals surface area contributed by atoms with Crippen LogP contribution < -0.4 is 10.6 Å². The number of fused-ring (bicyclic) bond motifs is 1. The Kier molecular flexibility index (Phi) is 3.83. The van der Waals surface area contributed by atoms with Gasteiger partial charge in [-0.15, -0.1) is 0 Å². The van der Waals surface area contributed by atoms with Crippen LogP contribution in [-0.2, 0) is 24.4 Å². The smallest absolute Gasteiger partial charge is 0.223 e. The molecule has 1 aliphatic carbocycles. The Bertz CT molecular complexity index is 464. The van der Waals surface area contributed by atoms with Gasteiger partial charge in [0.25, 0.3) is 0 Å². The normalized spacial score (nSPS) is 19.2. The maximum Gasteiger partial charge on any atom is 0.223 e. The first-order valence-corrected chi connectivity index (χ1v) is 7.42. The van der Waals surface area contributed by atoms with Crippen LogP contribution in [0.4, 0.5) is 0 Å². The van der Waals surface area contributed by atoms with Gasteiger partial charge in [0.05, 0.1) is 0 Å². The fraction of sp³-hybridized carbons (Fsp3) is 0.562. The standard InChI is InChI=1S/C16H22N2O/c19-16(13-4-2-1-3-5-13)18-9-12-6-7-14-10-17-11-15(14)8-12/h6-8,13,17H,1-5,9-11H2,(H,18,19). The van der Waals surface area contributed by atoms with Crippen LogP contribution in [0.5, 0.6) is 0 Å². The summed E-state index contributed by atoms with van der Waals surface area (Å²) >= 11 is 0. The Morgan fingerprint density at radius 3 is 2.79 bits per heavy atom. The van der Waals surface area contributed by atoms with Gasteiger partial charge in [0.2, 0.25) is 5.91 Å². The molecule has 1 amide bonds. The van der Waals surface area contributed by atoms with Crippen LogP contribution in [0.15, 0.2) is 18.2 Å². The molecule has 1 aliphatic heterocycles. The number of benzene rings is 1. The Balaban J connectivity index is 1.55. The number of rotatable bonds is 3. The van der Waals surface area contributed by atoms with Gasteiger partial charge < -0.3 is 10.6 Å². The van der Waals surface area contributed by atoms with Gasteiger partial charge in [-0.1, -0.05) is 37.5 Å². The predicted molar refractivity (Wildman–Crippen MR) is 75.4 cm³/mol. The highest BCUT2D eigenvalue weighted by Gasteiger charge is 2.20. The molecule has 3 heteroatoms. The monoisotopic (exact) mass is 258 g/mol. The highest BCUT2D eigenvalue weighted by atomic mass is 16.1. The highest BCUT2D eigenvalue weighted by molar-refractivity contribution is 5.78. The summed E-state index contributed by atoms with van der Waals surface area (Å²) in [5.41, 5.74) is 3.98. The number of nitrogens with one attached hydrogen (secondary N) is 2. The molecule has 102 valence electrons. The van der Waals surface area contributed by atoms with Crippen molar-refractivity contribution < 1.29 is 4.79 Å². The summed E-state index contributed by atoms with van der Waals surface area (Å²) in [7, 11) is 0. The molecule has 3 rings (SSSR count). The minimum atomic E-state index is 0.248. The second-order valence-electron chi connectivity index (χ2n) is 5.76. The van der Waals surface area contributed by atoms with E-state index in [1.165, 1.54) is 36.0 Å². The molecule has 0 aromatic heterocycles. The van der Waals surface area contributed by atoms with Gasteiger partial charge in [-0.2, -0.15) is 0 Å². The second kappa shape index (κ2) is 5.74. The van der Waals surface area contributed by atoms with Crippen molar-refractivity contribution in [1.82, 2.24) is 10.6 Å². The summed E-state index contributed by atoms with van der Waals surface area (Å²) in [5.74, 6) is 0.503. The van der Waals surface area contributed by atoms with E-state index in [1.807, 2.05) is 0 Å². The summed E-state index contributed by atoms with van der Waals surface area (Å²) in [4.78, 5) is 12.1. The van der Waals surface area contributed by atoms with Gasteiger partial charge in [-0.25, -0.2) is 0 Å². The molecule has 2 aliphatic rings. The Morgan fingerprint density at radius 1 is 1.16 bits per heavy atom. The summed E-state index contributed by atoms with van der Waals surface area (Å²) < 4.78 is 0. The molecule has 1 aromatic carbocycles. The number of hydrogen-bond acceptors (Lipinski definition) is 2. The van der Waals surface area contributed by atoms with Gasteiger partial charge in [-0.05, 0) is 29.5 Å². The largest absolute Gasteiger partial charge is 0.352 e. The Labute approximate surface area is 114 Å². The van der Waals surface area contributed by atoms with Crippen molar-refractivity contribution in [3.63, 3.8) is 0 Å². The lowest BCUT2D eigenvalue weighted by Crippen LogP contribution is -2.31. The number of hydrogen-bond donors (Lipinski definition) is 2. The van der Waals surface area contributed by atoms with E-state index >= 15 is 0 Å². The molecule has 2 N–H and O–H groups in total. The second-order valence-corrected chi connectivity index (χ2v) is 5.76. The highest BCUT2D eigenvalue weighted by Crippen LogP contribution is 2.24. The van der Waals surface area contributed by atoms with Gasteiger partial charge in [0.15, 0.2) is 0 Å². The number of amides is 1. The lowest BCUT2D eigenvalue weighted by molar-refractivity contribution is -0.126. The van der Waals surface area contributed by atoms with Crippen molar-refractivity contribution >= 4 is 5.91 Å². The van der Waals surface area contributed by atoms with Crippen LogP contribution >= 0.6 is 0 Å². The molecule has 1 saturated carbocycles. The minimum absolute atomic E-state index is 0.248. The van der Waals surface area contributed by atoms with E-state index < -0.39 is 0 Å². The third-order valence-electron chi connectivity index (χ3n) is 4.34. The number of carbonyl (C=O) groups excluding carboxylic acids is 1. The third-order valence-corrected chi connectivity index (χ3v) is 4.34. The quantitative estimate of drug-likeness (QED) is 0.874. The van der Waals surface area contributed by atoms with Crippen LogP contribution in [0.3, 0.4) is 0 Å². The molecular weight excluding hydrogens is 236 g/mol. The predicted octanol–water partition coefficient (Wildman–Crippen LogP) is 2.49. The first-order chi connectivity index (χ1) is 9.33. The third kappa shape index (κ3) is 2.98. The topological polar surface area (TPSA) is 41.1 Å². The summed E-state index contributed by atoms with van der Waals surface area (Å²) in [5, 5.41) is 6.44. The average Bonchev–Trinajstić information content (AvgIpc) is 2.93. The van der Waals surface area contributed by atoms with Crippen LogP contribution in [0.25, 0.3) is 0 Å². The van der Waals surface area contributed by atoms with Crippen LogP contribution in [0, 0.1) is 5.92 Å². The molecule has 19 heavy (non-hydrogen) atoms. The van der Waals surface area contributed by atoms with E-state index in [0.29, 0.717) is 6.54 Å². The summed E-state index contributed by atoms with van der Waals surface area (Å²) in [6, 6.07) is 6.53. The molecule has 0 radical (unpaired) electrons. The zero-order valence-corrected chi connectivity index (χ0v) is 11.4. The fourth-order valence-corrected chi connectivity index (χ4v) is 3.16. The molecule has 1 aromatic rings. The van der Waals surface area contributed by atoms with Gasteiger partial charge in [-0.3, -0.25) is 4.79 Å². The molecule has 3 nitrogen and oxygen atoms in total. The van der Waals surface area contributed by atoms with Crippen molar-refractivity contribution in [3.8, 4) is 0 Å². The van der Waals surface area contributed by atoms with Gasteiger partial charge in [0, 0.05) is 25.6 Å². The SMILES string of the molecule is O=C(NCc1ccc2c(c1)CNC2)C1CCCCC1. The van der Waals surface area contributed by atoms with E-state index in [-0.39, 0.29) is 11.8 Å². The molecule has 0 atom stereocenters. The van der Waals surface area contributed by atoms with Gasteiger partial charge in [0.1, 0.15) is 0 Å². The van der Waals surface area contributed by atoms with E-state index in [2.05, 4.69) is 28.8 Å². The van der Waals surface area contributed by atoms with E-state index in [9.17, 15) is 4.79 Å². The van der Waals surface area contributed by atoms with Crippen molar-refractivity contribution in [1.29, 1.82) is 0 Å². The molecule has 0 bridgehead atoms. The van der Waals surface area contributed by atoms with E-state index in [0.717, 1.165) is 25.9 Å². The maximum atomic E-state index is 12.1. The lowest BCUT2D eigenvalue weighted by Gasteiger charge is -2.20. The summed E-state index contributed by atoms with van der Waals surface area (Å²) in [6.45, 7) is 2.60. The molecule has 0 unspecified atom stereocenters. The zero-order valence-electron chi connectivity index (χ0n) is 11.4. The summed E-state index contributed by atoms with van der Waals surface area (Å²) in [6.07, 6.45) is 5.85. The first-order valence-electron chi connectivity index (χ1n) is 7.42. The lowest BCUT2D eigenvalue weighted by atomic mass is 9.88. The van der Waals surface area contributed by atoms with Crippen LogP contribution in [0.2, 0.25) is 0 Å². The Hall–Kier alpha value is -1.35. The van der Waals surface area contributed by atoms with Crippen molar-refractivity contribution in [2.45, 2.75) is 51.7 Å². The molecular formula is C16H22N2O. The molecule has 1 fully saturated rings. The first kappa shape index (κ1) is 12.7. The van der Waals surface area contributed by atoms with Crippen molar-refractivity contribution in [2.75, 3.05) is 0 Å². The van der Waals surface area contributed by atoms with Gasteiger partial charge >= 0.3 is 0 Å². The molecule has 0 saturated heterocycles. The zero-order chi connectivity index (χ0) is 13.1. The fourth-order valence-electron chi connectivity index (χ4n) is 3.16. The van der Waals surface area contributed by atoms with E-state index in [4.69, 9.17) is 0 Å². The van der Waals surface area contributed by atoms with Crippen LogP contribution in [0.1, 0.15) is 48.8 Å².